The van der Waals surface area contributed by atoms with Crippen molar-refractivity contribution in [1.29, 1.82) is 0 Å². The van der Waals surface area contributed by atoms with Gasteiger partial charge in [-0.2, -0.15) is 0 Å². The van der Waals surface area contributed by atoms with Crippen LogP contribution in [0.2, 0.25) is 0 Å². The van der Waals surface area contributed by atoms with Crippen molar-refractivity contribution < 1.29 is 14.3 Å². The van der Waals surface area contributed by atoms with E-state index in [1.807, 2.05) is 0 Å². The molecule has 0 aliphatic carbocycles. The van der Waals surface area contributed by atoms with Gasteiger partial charge < -0.3 is 9.52 Å². The third kappa shape index (κ3) is 11.4. The fourth-order valence-corrected chi connectivity index (χ4v) is 8.33. The minimum Gasteiger partial charge on any atom is -0.475 e. The molecule has 146 valence electrons. The Balaban J connectivity index is 0.000000593. The fraction of sp³-hybridized carbons (Fsp3) is 0.762. The molecule has 1 rings (SSSR count). The van der Waals surface area contributed by atoms with Gasteiger partial charge in [-0.15, -0.1) is 0 Å². The Labute approximate surface area is 155 Å². The highest BCUT2D eigenvalue weighted by atomic mass is 31.2. The third-order valence-corrected chi connectivity index (χ3v) is 9.74. The lowest BCUT2D eigenvalue weighted by Gasteiger charge is -2.28. The summed E-state index contributed by atoms with van der Waals surface area (Å²) >= 11 is 0. The molecule has 0 aliphatic rings. The number of hydrogen-bond acceptors (Lipinski definition) is 2. The van der Waals surface area contributed by atoms with E-state index < -0.39 is 13.2 Å². The summed E-state index contributed by atoms with van der Waals surface area (Å²) < 4.78 is 4.50. The van der Waals surface area contributed by atoms with Crippen molar-refractivity contribution >= 4 is 13.2 Å². The zero-order valence-electron chi connectivity index (χ0n) is 16.9. The molecule has 0 fully saturated rings. The maximum atomic E-state index is 9.97. The summed E-state index contributed by atoms with van der Waals surface area (Å²) in [5.74, 6) is -1.06. The van der Waals surface area contributed by atoms with Crippen molar-refractivity contribution in [2.24, 2.45) is 0 Å². The molecule has 0 unspecified atom stereocenters. The second-order valence-corrected chi connectivity index (χ2v) is 11.4. The molecule has 0 spiro atoms. The normalized spacial score (nSPS) is 11.0. The zero-order chi connectivity index (χ0) is 19.0. The molecule has 0 saturated carbocycles. The van der Waals surface area contributed by atoms with Gasteiger partial charge in [-0.1, -0.05) is 53.4 Å². The molecular weight excluding hydrogens is 331 g/mol. The number of carbonyl (C=O) groups is 1. The Kier molecular flexibility index (Phi) is 14.9. The number of furan rings is 1. The van der Waals surface area contributed by atoms with E-state index >= 15 is 0 Å². The number of rotatable bonds is 13. The molecule has 1 aromatic heterocycles. The molecule has 0 bridgehead atoms. The minimum atomic E-state index is -1.03. The fourth-order valence-electron chi connectivity index (χ4n) is 3.05. The predicted molar refractivity (Wildman–Crippen MR) is 112 cm³/mol. The largest absolute Gasteiger partial charge is 0.475 e. The van der Waals surface area contributed by atoms with Gasteiger partial charge in [0.1, 0.15) is 0 Å². The lowest BCUT2D eigenvalue weighted by atomic mass is 10.4. The summed E-state index contributed by atoms with van der Waals surface area (Å²) in [6.45, 7) is 9.42. The lowest BCUT2D eigenvalue weighted by Crippen LogP contribution is -2.12. The number of hydrogen-bond donors (Lipinski definition) is 1. The zero-order valence-corrected chi connectivity index (χ0v) is 17.8. The van der Waals surface area contributed by atoms with Crippen molar-refractivity contribution in [2.45, 2.75) is 79.1 Å². The number of aromatic carboxylic acids is 1. The van der Waals surface area contributed by atoms with Crippen LogP contribution in [0, 0.1) is 0 Å². The van der Waals surface area contributed by atoms with E-state index in [0.717, 1.165) is 0 Å². The SMILES string of the molecule is CCCC[P+](CCCC)(CCCC)CCCC.O=C(O)c1ccco1. The van der Waals surface area contributed by atoms with Crippen LogP contribution < -0.4 is 0 Å². The van der Waals surface area contributed by atoms with Gasteiger partial charge in [0.2, 0.25) is 5.76 Å². The molecule has 0 radical (unpaired) electrons. The predicted octanol–water partition coefficient (Wildman–Crippen LogP) is 7.18. The summed E-state index contributed by atoms with van der Waals surface area (Å²) in [5.41, 5.74) is 0. The van der Waals surface area contributed by atoms with Crippen LogP contribution in [0.4, 0.5) is 0 Å². The van der Waals surface area contributed by atoms with E-state index in [9.17, 15) is 4.79 Å². The molecule has 3 nitrogen and oxygen atoms in total. The average molecular weight is 372 g/mol. The molecular formula is C21H40O3P+. The second-order valence-electron chi connectivity index (χ2n) is 6.93. The van der Waals surface area contributed by atoms with Crippen LogP contribution >= 0.6 is 7.26 Å². The highest BCUT2D eigenvalue weighted by Gasteiger charge is 2.34. The quantitative estimate of drug-likeness (QED) is 0.373. The van der Waals surface area contributed by atoms with Crippen molar-refractivity contribution in [1.82, 2.24) is 0 Å². The van der Waals surface area contributed by atoms with E-state index in [-0.39, 0.29) is 5.76 Å². The van der Waals surface area contributed by atoms with Gasteiger partial charge in [0.05, 0.1) is 30.9 Å². The van der Waals surface area contributed by atoms with Gasteiger partial charge in [0.15, 0.2) is 0 Å². The van der Waals surface area contributed by atoms with Crippen LogP contribution in [-0.4, -0.2) is 35.7 Å². The Hall–Kier alpha value is -0.820. The Morgan fingerprint density at radius 3 is 1.48 bits per heavy atom. The average Bonchev–Trinajstić information content (AvgIpc) is 3.16. The van der Waals surface area contributed by atoms with E-state index in [4.69, 9.17) is 5.11 Å². The van der Waals surface area contributed by atoms with E-state index in [1.54, 1.807) is 24.6 Å². The monoisotopic (exact) mass is 371 g/mol. The van der Waals surface area contributed by atoms with Crippen LogP contribution in [0.3, 0.4) is 0 Å². The maximum absolute atomic E-state index is 9.97. The van der Waals surface area contributed by atoms with E-state index in [1.165, 1.54) is 69.8 Å². The smallest absolute Gasteiger partial charge is 0.371 e. The van der Waals surface area contributed by atoms with Gasteiger partial charge in [-0.3, -0.25) is 0 Å². The lowest BCUT2D eigenvalue weighted by molar-refractivity contribution is 0.0662. The Bertz CT molecular complexity index is 377. The highest BCUT2D eigenvalue weighted by Crippen LogP contribution is 2.61. The van der Waals surface area contributed by atoms with Gasteiger partial charge >= 0.3 is 5.97 Å². The van der Waals surface area contributed by atoms with Crippen molar-refractivity contribution in [3.05, 3.63) is 24.2 Å². The minimum absolute atomic E-state index is 0.0231. The van der Waals surface area contributed by atoms with Crippen molar-refractivity contribution in [2.75, 3.05) is 24.6 Å². The first-order valence-corrected chi connectivity index (χ1v) is 12.7. The Morgan fingerprint density at radius 1 is 0.880 bits per heavy atom. The first-order valence-electron chi connectivity index (χ1n) is 10.2. The molecule has 0 amide bonds. The topological polar surface area (TPSA) is 50.4 Å². The maximum Gasteiger partial charge on any atom is 0.371 e. The number of carboxylic acids is 1. The molecule has 0 aromatic carbocycles. The molecule has 25 heavy (non-hydrogen) atoms. The molecule has 1 aromatic rings. The first-order chi connectivity index (χ1) is 12.0. The second kappa shape index (κ2) is 15.4. The number of carboxylic acid groups (broad SMARTS) is 1. The Morgan fingerprint density at radius 2 is 1.28 bits per heavy atom. The molecule has 4 heteroatoms. The first kappa shape index (κ1) is 24.2. The summed E-state index contributed by atoms with van der Waals surface area (Å²) in [5, 5.41) is 8.18. The van der Waals surface area contributed by atoms with Crippen LogP contribution in [0.15, 0.2) is 22.8 Å². The molecule has 0 aliphatic heterocycles. The molecule has 1 N–H and O–H groups in total. The van der Waals surface area contributed by atoms with Crippen LogP contribution in [0.5, 0.6) is 0 Å². The molecule has 1 heterocycles. The van der Waals surface area contributed by atoms with E-state index in [0.29, 0.717) is 0 Å². The third-order valence-electron chi connectivity index (χ3n) is 4.68. The highest BCUT2D eigenvalue weighted by molar-refractivity contribution is 7.75. The van der Waals surface area contributed by atoms with Crippen molar-refractivity contribution in [3.63, 3.8) is 0 Å². The van der Waals surface area contributed by atoms with Crippen LogP contribution in [-0.2, 0) is 0 Å². The number of unbranched alkanes of at least 4 members (excludes halogenated alkanes) is 4. The standard InChI is InChI=1S/C16H36P.C5H4O3/c1-5-9-13-17(14-10-6-2,15-11-7-3)16-12-8-4;6-5(7)4-2-1-3-8-4/h5-16H2,1-4H3;1-3H,(H,6,7)/q+1;. The van der Waals surface area contributed by atoms with Gasteiger partial charge in [0, 0.05) is 7.26 Å². The molecule has 0 atom stereocenters. The van der Waals surface area contributed by atoms with Gasteiger partial charge in [-0.05, 0) is 37.8 Å². The van der Waals surface area contributed by atoms with Crippen LogP contribution in [0.25, 0.3) is 0 Å². The summed E-state index contributed by atoms with van der Waals surface area (Å²) in [6.07, 6.45) is 19.3. The molecule has 0 saturated heterocycles. The van der Waals surface area contributed by atoms with E-state index in [2.05, 4.69) is 32.1 Å². The summed E-state index contributed by atoms with van der Waals surface area (Å²) in [4.78, 5) is 9.97. The van der Waals surface area contributed by atoms with Crippen LogP contribution in [0.1, 0.15) is 89.6 Å². The van der Waals surface area contributed by atoms with Gasteiger partial charge in [-0.25, -0.2) is 4.79 Å². The van der Waals surface area contributed by atoms with Gasteiger partial charge in [0.25, 0.3) is 0 Å². The summed E-state index contributed by atoms with van der Waals surface area (Å²) in [6, 6.07) is 2.92. The van der Waals surface area contributed by atoms with Crippen molar-refractivity contribution in [3.8, 4) is 0 Å². The summed E-state index contributed by atoms with van der Waals surface area (Å²) in [7, 11) is -0.562.